The van der Waals surface area contributed by atoms with E-state index in [0.29, 0.717) is 6.29 Å². The molecule has 1 aromatic carbocycles. The number of ether oxygens (including phenoxy) is 1. The lowest BCUT2D eigenvalue weighted by Crippen LogP contribution is -2.11. The van der Waals surface area contributed by atoms with E-state index in [4.69, 9.17) is 15.6 Å². The second kappa shape index (κ2) is 4.27. The number of nitrogens with two attached hydrogens (primary N) is 1. The van der Waals surface area contributed by atoms with Crippen LogP contribution in [0.1, 0.15) is 10.4 Å². The summed E-state index contributed by atoms with van der Waals surface area (Å²) in [5.74, 6) is -1.00. The van der Waals surface area contributed by atoms with E-state index in [-0.39, 0.29) is 17.0 Å². The Hall–Kier alpha value is -2.04. The maximum absolute atomic E-state index is 10.5. The number of para-hydroxylation sites is 1. The molecule has 74 valence electrons. The van der Waals surface area contributed by atoms with Gasteiger partial charge in [0.05, 0.1) is 11.3 Å². The zero-order valence-electron chi connectivity index (χ0n) is 7.27. The Kier molecular flexibility index (Phi) is 3.06. The van der Waals surface area contributed by atoms with Crippen LogP contribution in [0.15, 0.2) is 18.2 Å². The van der Waals surface area contributed by atoms with Gasteiger partial charge in [-0.05, 0) is 12.1 Å². The molecule has 0 saturated heterocycles. The number of benzene rings is 1. The van der Waals surface area contributed by atoms with Gasteiger partial charge < -0.3 is 15.6 Å². The highest BCUT2D eigenvalue weighted by molar-refractivity contribution is 5.83. The van der Waals surface area contributed by atoms with Crippen LogP contribution in [0.3, 0.4) is 0 Å². The summed E-state index contributed by atoms with van der Waals surface area (Å²) in [4.78, 5) is 20.8. The summed E-state index contributed by atoms with van der Waals surface area (Å²) in [6.07, 6.45) is 0.563. The van der Waals surface area contributed by atoms with Crippen molar-refractivity contribution in [1.82, 2.24) is 0 Å². The molecule has 5 heteroatoms. The predicted molar refractivity (Wildman–Crippen MR) is 49.4 cm³/mol. The van der Waals surface area contributed by atoms with Gasteiger partial charge in [0, 0.05) is 0 Å². The second-order valence-electron chi connectivity index (χ2n) is 2.57. The third kappa shape index (κ3) is 2.22. The van der Waals surface area contributed by atoms with Crippen LogP contribution in [-0.2, 0) is 4.79 Å². The minimum Gasteiger partial charge on any atom is -0.479 e. The molecule has 0 aliphatic rings. The van der Waals surface area contributed by atoms with E-state index in [9.17, 15) is 9.59 Å². The van der Waals surface area contributed by atoms with Crippen molar-refractivity contribution in [2.24, 2.45) is 0 Å². The van der Waals surface area contributed by atoms with Crippen LogP contribution in [0.25, 0.3) is 0 Å². The Morgan fingerprint density at radius 3 is 2.86 bits per heavy atom. The van der Waals surface area contributed by atoms with Crippen LogP contribution in [-0.4, -0.2) is 24.0 Å². The van der Waals surface area contributed by atoms with Gasteiger partial charge in [0.15, 0.2) is 18.6 Å². The molecule has 0 aliphatic carbocycles. The first kappa shape index (κ1) is 10.0. The van der Waals surface area contributed by atoms with Crippen molar-refractivity contribution in [2.75, 3.05) is 12.3 Å². The fourth-order valence-electron chi connectivity index (χ4n) is 0.967. The maximum atomic E-state index is 10.5. The monoisotopic (exact) mass is 195 g/mol. The zero-order valence-corrected chi connectivity index (χ0v) is 7.27. The van der Waals surface area contributed by atoms with Crippen molar-refractivity contribution in [3.8, 4) is 5.75 Å². The summed E-state index contributed by atoms with van der Waals surface area (Å²) in [5, 5.41) is 8.38. The van der Waals surface area contributed by atoms with Crippen LogP contribution in [0.5, 0.6) is 5.75 Å². The number of aliphatic carboxylic acids is 1. The largest absolute Gasteiger partial charge is 0.479 e. The van der Waals surface area contributed by atoms with Gasteiger partial charge in [-0.1, -0.05) is 6.07 Å². The molecule has 0 saturated carbocycles. The Bertz CT molecular complexity index is 362. The van der Waals surface area contributed by atoms with E-state index in [1.807, 2.05) is 0 Å². The first-order valence-corrected chi connectivity index (χ1v) is 3.83. The maximum Gasteiger partial charge on any atom is 0.341 e. The molecule has 3 N–H and O–H groups in total. The summed E-state index contributed by atoms with van der Waals surface area (Å²) in [6.45, 7) is -0.519. The molecule has 1 rings (SSSR count). The average molecular weight is 195 g/mol. The fourth-order valence-corrected chi connectivity index (χ4v) is 0.967. The number of nitrogen functional groups attached to an aromatic ring is 1. The number of anilines is 1. The van der Waals surface area contributed by atoms with E-state index in [1.165, 1.54) is 12.1 Å². The standard InChI is InChI=1S/C9H9NO4/c10-7-3-1-2-6(4-11)9(7)14-5-8(12)13/h1-4H,5,10H2,(H,12,13). The number of carbonyl (C=O) groups is 2. The van der Waals surface area contributed by atoms with E-state index < -0.39 is 12.6 Å². The van der Waals surface area contributed by atoms with Gasteiger partial charge in [0.25, 0.3) is 0 Å². The van der Waals surface area contributed by atoms with Crippen LogP contribution in [0, 0.1) is 0 Å². The van der Waals surface area contributed by atoms with Crippen molar-refractivity contribution < 1.29 is 19.4 Å². The lowest BCUT2D eigenvalue weighted by Gasteiger charge is -2.08. The number of hydrogen-bond acceptors (Lipinski definition) is 4. The molecular formula is C9H9NO4. The topological polar surface area (TPSA) is 89.6 Å². The van der Waals surface area contributed by atoms with Crippen molar-refractivity contribution >= 4 is 17.9 Å². The SMILES string of the molecule is Nc1cccc(C=O)c1OCC(=O)O. The van der Waals surface area contributed by atoms with E-state index in [1.54, 1.807) is 6.07 Å². The minimum absolute atomic E-state index is 0.116. The number of rotatable bonds is 4. The van der Waals surface area contributed by atoms with Gasteiger partial charge >= 0.3 is 5.97 Å². The molecule has 0 spiro atoms. The fraction of sp³-hybridized carbons (Fsp3) is 0.111. The summed E-state index contributed by atoms with van der Waals surface area (Å²) in [7, 11) is 0. The van der Waals surface area contributed by atoms with Gasteiger partial charge in [0.2, 0.25) is 0 Å². The highest BCUT2D eigenvalue weighted by atomic mass is 16.5. The third-order valence-corrected chi connectivity index (χ3v) is 1.54. The van der Waals surface area contributed by atoms with Gasteiger partial charge in [-0.15, -0.1) is 0 Å². The first-order chi connectivity index (χ1) is 6.65. The molecule has 14 heavy (non-hydrogen) atoms. The molecular weight excluding hydrogens is 186 g/mol. The van der Waals surface area contributed by atoms with Gasteiger partial charge in [-0.3, -0.25) is 4.79 Å². The highest BCUT2D eigenvalue weighted by Crippen LogP contribution is 2.24. The van der Waals surface area contributed by atoms with Gasteiger partial charge in [0.1, 0.15) is 0 Å². The second-order valence-corrected chi connectivity index (χ2v) is 2.57. The number of carboxylic acid groups (broad SMARTS) is 1. The quantitative estimate of drug-likeness (QED) is 0.540. The lowest BCUT2D eigenvalue weighted by molar-refractivity contribution is -0.139. The Morgan fingerprint density at radius 1 is 1.57 bits per heavy atom. The van der Waals surface area contributed by atoms with E-state index >= 15 is 0 Å². The summed E-state index contributed by atoms with van der Waals surface area (Å²) in [5.41, 5.74) is 5.99. The number of aldehydes is 1. The number of carbonyl (C=O) groups excluding carboxylic acids is 1. The Morgan fingerprint density at radius 2 is 2.29 bits per heavy atom. The van der Waals surface area contributed by atoms with Crippen molar-refractivity contribution in [3.05, 3.63) is 23.8 Å². The van der Waals surface area contributed by atoms with Crippen molar-refractivity contribution in [2.45, 2.75) is 0 Å². The molecule has 0 radical (unpaired) electrons. The summed E-state index contributed by atoms with van der Waals surface area (Å²) >= 11 is 0. The van der Waals surface area contributed by atoms with Gasteiger partial charge in [-0.2, -0.15) is 0 Å². The average Bonchev–Trinajstić information content (AvgIpc) is 2.15. The molecule has 5 nitrogen and oxygen atoms in total. The van der Waals surface area contributed by atoms with Crippen LogP contribution >= 0.6 is 0 Å². The molecule has 0 unspecified atom stereocenters. The van der Waals surface area contributed by atoms with E-state index in [0.717, 1.165) is 0 Å². The van der Waals surface area contributed by atoms with Crippen LogP contribution < -0.4 is 10.5 Å². The lowest BCUT2D eigenvalue weighted by atomic mass is 10.2. The van der Waals surface area contributed by atoms with Crippen molar-refractivity contribution in [3.63, 3.8) is 0 Å². The third-order valence-electron chi connectivity index (χ3n) is 1.54. The minimum atomic E-state index is -1.12. The molecule has 1 aromatic rings. The van der Waals surface area contributed by atoms with Gasteiger partial charge in [-0.25, -0.2) is 4.79 Å². The first-order valence-electron chi connectivity index (χ1n) is 3.83. The normalized spacial score (nSPS) is 9.43. The number of carboxylic acids is 1. The summed E-state index contributed by atoms with van der Waals surface area (Å²) in [6, 6.07) is 4.62. The van der Waals surface area contributed by atoms with Crippen molar-refractivity contribution in [1.29, 1.82) is 0 Å². The molecule has 0 fully saturated rings. The predicted octanol–water partition coefficient (Wildman–Crippen LogP) is 0.545. The van der Waals surface area contributed by atoms with Crippen LogP contribution in [0.4, 0.5) is 5.69 Å². The number of hydrogen-bond donors (Lipinski definition) is 2. The Balaban J connectivity index is 2.93. The molecule has 0 amide bonds. The van der Waals surface area contributed by atoms with E-state index in [2.05, 4.69) is 0 Å². The highest BCUT2D eigenvalue weighted by Gasteiger charge is 2.08. The van der Waals surface area contributed by atoms with Crippen LogP contribution in [0.2, 0.25) is 0 Å². The molecule has 0 heterocycles. The molecule has 0 aromatic heterocycles. The zero-order chi connectivity index (χ0) is 10.6. The molecule has 0 aliphatic heterocycles. The molecule has 0 atom stereocenters. The summed E-state index contributed by atoms with van der Waals surface area (Å²) < 4.78 is 4.86. The Labute approximate surface area is 80.1 Å². The smallest absolute Gasteiger partial charge is 0.341 e. The molecule has 0 bridgehead atoms.